The van der Waals surface area contributed by atoms with Crippen LogP contribution in [-0.4, -0.2) is 34.2 Å². The summed E-state index contributed by atoms with van der Waals surface area (Å²) in [6, 6.07) is -0.182. The molecule has 1 saturated carbocycles. The zero-order chi connectivity index (χ0) is 15.2. The van der Waals surface area contributed by atoms with Crippen LogP contribution in [0.25, 0.3) is 4.96 Å². The van der Waals surface area contributed by atoms with Crippen molar-refractivity contribution in [3.05, 3.63) is 17.3 Å². The van der Waals surface area contributed by atoms with Crippen LogP contribution in [0.4, 0.5) is 19.0 Å². The fourth-order valence-corrected chi connectivity index (χ4v) is 3.23. The van der Waals surface area contributed by atoms with E-state index in [1.54, 1.807) is 0 Å². The van der Waals surface area contributed by atoms with Gasteiger partial charge >= 0.3 is 6.18 Å². The Labute approximate surface area is 124 Å². The Morgan fingerprint density at radius 1 is 1.52 bits per heavy atom. The molecule has 21 heavy (non-hydrogen) atoms. The normalized spacial score (nSPS) is 17.4. The average Bonchev–Trinajstić information content (AvgIpc) is 3.00. The van der Waals surface area contributed by atoms with Crippen molar-refractivity contribution < 1.29 is 13.2 Å². The molecule has 1 fully saturated rings. The third-order valence-electron chi connectivity index (χ3n) is 3.46. The van der Waals surface area contributed by atoms with Crippen molar-refractivity contribution in [3.8, 4) is 0 Å². The minimum atomic E-state index is -4.23. The fourth-order valence-electron chi connectivity index (χ4n) is 2.50. The van der Waals surface area contributed by atoms with Crippen molar-refractivity contribution in [2.24, 2.45) is 5.73 Å². The Morgan fingerprint density at radius 2 is 2.24 bits per heavy atom. The number of thiazole rings is 1. The summed E-state index contributed by atoms with van der Waals surface area (Å²) in [5.41, 5.74) is 6.63. The molecule has 0 amide bonds. The van der Waals surface area contributed by atoms with Gasteiger partial charge in [0.15, 0.2) is 10.8 Å². The molecule has 8 heteroatoms. The van der Waals surface area contributed by atoms with Crippen LogP contribution in [0.2, 0.25) is 0 Å². The minimum Gasteiger partial charge on any atom is -0.343 e. The number of rotatable bonds is 5. The van der Waals surface area contributed by atoms with Crippen molar-refractivity contribution in [3.63, 3.8) is 0 Å². The first-order valence-electron chi connectivity index (χ1n) is 6.88. The van der Waals surface area contributed by atoms with Crippen molar-refractivity contribution in [2.75, 3.05) is 11.4 Å². The third kappa shape index (κ3) is 3.16. The quantitative estimate of drug-likeness (QED) is 0.922. The highest BCUT2D eigenvalue weighted by atomic mass is 32.1. The van der Waals surface area contributed by atoms with Gasteiger partial charge in [-0.25, -0.2) is 4.98 Å². The van der Waals surface area contributed by atoms with Crippen LogP contribution in [0.15, 0.2) is 11.6 Å². The first-order chi connectivity index (χ1) is 9.85. The number of nitrogens with zero attached hydrogens (tertiary/aromatic N) is 3. The third-order valence-corrected chi connectivity index (χ3v) is 4.22. The van der Waals surface area contributed by atoms with Crippen molar-refractivity contribution in [1.82, 2.24) is 9.38 Å². The van der Waals surface area contributed by atoms with Crippen LogP contribution in [-0.2, 0) is 6.42 Å². The molecule has 3 rings (SSSR count). The van der Waals surface area contributed by atoms with Crippen LogP contribution in [0.1, 0.15) is 25.5 Å². The van der Waals surface area contributed by atoms with E-state index in [2.05, 4.69) is 4.98 Å². The van der Waals surface area contributed by atoms with E-state index in [-0.39, 0.29) is 12.1 Å². The van der Waals surface area contributed by atoms with Gasteiger partial charge in [0.25, 0.3) is 0 Å². The number of aromatic nitrogens is 2. The van der Waals surface area contributed by atoms with Crippen LogP contribution < -0.4 is 10.6 Å². The van der Waals surface area contributed by atoms with E-state index < -0.39 is 12.7 Å². The van der Waals surface area contributed by atoms with Gasteiger partial charge in [-0.3, -0.25) is 4.40 Å². The van der Waals surface area contributed by atoms with Gasteiger partial charge in [-0.05, 0) is 19.8 Å². The monoisotopic (exact) mass is 318 g/mol. The lowest BCUT2D eigenvalue weighted by Crippen LogP contribution is -2.37. The van der Waals surface area contributed by atoms with Crippen LogP contribution in [0.5, 0.6) is 0 Å². The summed E-state index contributed by atoms with van der Waals surface area (Å²) in [5, 5.41) is 1.88. The van der Waals surface area contributed by atoms with Gasteiger partial charge < -0.3 is 10.6 Å². The molecule has 2 aromatic heterocycles. The Hall–Kier alpha value is -1.28. The van der Waals surface area contributed by atoms with Crippen molar-refractivity contribution in [1.29, 1.82) is 0 Å². The van der Waals surface area contributed by atoms with Gasteiger partial charge in [0, 0.05) is 30.1 Å². The highest BCUT2D eigenvalue weighted by Crippen LogP contribution is 2.36. The van der Waals surface area contributed by atoms with E-state index in [1.807, 2.05) is 22.9 Å². The second kappa shape index (κ2) is 5.17. The van der Waals surface area contributed by atoms with Crippen LogP contribution >= 0.6 is 11.3 Å². The molecule has 1 aliphatic rings. The Kier molecular flexibility index (Phi) is 3.61. The molecule has 0 aliphatic heterocycles. The molecule has 2 heterocycles. The lowest BCUT2D eigenvalue weighted by Gasteiger charge is -2.25. The maximum Gasteiger partial charge on any atom is 0.405 e. The summed E-state index contributed by atoms with van der Waals surface area (Å²) in [6.45, 7) is 0.898. The molecular formula is C13H17F3N4S. The molecule has 0 spiro atoms. The van der Waals surface area contributed by atoms with Gasteiger partial charge in [0.1, 0.15) is 6.54 Å². The summed E-state index contributed by atoms with van der Waals surface area (Å²) >= 11 is 1.42. The standard InChI is InChI=1S/C13H17F3N4S/c1-8(17)6-10-11(18-12-19(10)4-5-21-12)20(9-2-3-9)7-13(14,15)16/h4-5,8-9H,2-3,6-7,17H2,1H3. The zero-order valence-electron chi connectivity index (χ0n) is 11.6. The second-order valence-electron chi connectivity index (χ2n) is 5.59. The summed E-state index contributed by atoms with van der Waals surface area (Å²) in [4.78, 5) is 6.54. The predicted octanol–water partition coefficient (Wildman–Crippen LogP) is 2.82. The van der Waals surface area contributed by atoms with E-state index in [4.69, 9.17) is 5.73 Å². The number of hydrogen-bond donors (Lipinski definition) is 1. The van der Waals surface area contributed by atoms with E-state index in [1.165, 1.54) is 16.2 Å². The van der Waals surface area contributed by atoms with Gasteiger partial charge in [-0.15, -0.1) is 11.3 Å². The molecule has 116 valence electrons. The average molecular weight is 318 g/mol. The molecule has 0 radical (unpaired) electrons. The second-order valence-corrected chi connectivity index (χ2v) is 6.47. The smallest absolute Gasteiger partial charge is 0.343 e. The zero-order valence-corrected chi connectivity index (χ0v) is 12.4. The first-order valence-corrected chi connectivity index (χ1v) is 7.76. The Balaban J connectivity index is 2.01. The van der Waals surface area contributed by atoms with Crippen molar-refractivity contribution in [2.45, 2.75) is 44.4 Å². The minimum absolute atomic E-state index is 0.0527. The Bertz CT molecular complexity index is 627. The molecular weight excluding hydrogens is 301 g/mol. The number of fused-ring (bicyclic) bond motifs is 1. The van der Waals surface area contributed by atoms with Gasteiger partial charge in [0.05, 0.1) is 5.69 Å². The summed E-state index contributed by atoms with van der Waals surface area (Å²) in [7, 11) is 0. The number of nitrogens with two attached hydrogens (primary N) is 1. The Morgan fingerprint density at radius 3 is 2.81 bits per heavy atom. The summed E-state index contributed by atoms with van der Waals surface area (Å²) < 4.78 is 40.4. The molecule has 0 bridgehead atoms. The van der Waals surface area contributed by atoms with Crippen LogP contribution in [0.3, 0.4) is 0 Å². The number of anilines is 1. The maximum atomic E-state index is 12.9. The number of halogens is 3. The lowest BCUT2D eigenvalue weighted by atomic mass is 10.2. The summed E-state index contributed by atoms with van der Waals surface area (Å²) in [5.74, 6) is 0.443. The predicted molar refractivity (Wildman–Crippen MR) is 76.8 cm³/mol. The lowest BCUT2D eigenvalue weighted by molar-refractivity contribution is -0.120. The molecule has 0 aromatic carbocycles. The highest BCUT2D eigenvalue weighted by molar-refractivity contribution is 7.15. The van der Waals surface area contributed by atoms with Gasteiger partial charge in [-0.1, -0.05) is 0 Å². The van der Waals surface area contributed by atoms with E-state index >= 15 is 0 Å². The van der Waals surface area contributed by atoms with E-state index in [9.17, 15) is 13.2 Å². The molecule has 4 nitrogen and oxygen atoms in total. The van der Waals surface area contributed by atoms with Crippen LogP contribution in [0, 0.1) is 0 Å². The molecule has 0 saturated heterocycles. The number of alkyl halides is 3. The molecule has 2 aromatic rings. The SMILES string of the molecule is CC(N)Cc1c(N(CC(F)(F)F)C2CC2)nc2sccn12. The number of imidazole rings is 1. The molecule has 1 aliphatic carbocycles. The van der Waals surface area contributed by atoms with Gasteiger partial charge in [0.2, 0.25) is 0 Å². The fraction of sp³-hybridized carbons (Fsp3) is 0.615. The highest BCUT2D eigenvalue weighted by Gasteiger charge is 2.40. The first kappa shape index (κ1) is 14.6. The van der Waals surface area contributed by atoms with E-state index in [0.717, 1.165) is 18.5 Å². The molecule has 2 N–H and O–H groups in total. The molecule has 1 atom stereocenters. The topological polar surface area (TPSA) is 46.6 Å². The maximum absolute atomic E-state index is 12.9. The van der Waals surface area contributed by atoms with Crippen molar-refractivity contribution >= 4 is 22.1 Å². The molecule has 1 unspecified atom stereocenters. The largest absolute Gasteiger partial charge is 0.405 e. The number of hydrogen-bond acceptors (Lipinski definition) is 4. The summed E-state index contributed by atoms with van der Waals surface area (Å²) in [6.07, 6.45) is -0.301. The van der Waals surface area contributed by atoms with Gasteiger partial charge in [-0.2, -0.15) is 13.2 Å². The van der Waals surface area contributed by atoms with E-state index in [0.29, 0.717) is 17.2 Å².